The van der Waals surface area contributed by atoms with E-state index in [9.17, 15) is 9.59 Å². The quantitative estimate of drug-likeness (QED) is 0.598. The van der Waals surface area contributed by atoms with Gasteiger partial charge in [-0.05, 0) is 12.1 Å². The van der Waals surface area contributed by atoms with Gasteiger partial charge in [-0.15, -0.1) is 11.8 Å². The second-order valence-electron chi connectivity index (χ2n) is 3.85. The fourth-order valence-corrected chi connectivity index (χ4v) is 2.52. The van der Waals surface area contributed by atoms with Crippen molar-refractivity contribution in [3.8, 4) is 0 Å². The fourth-order valence-electron chi connectivity index (χ4n) is 1.35. The van der Waals surface area contributed by atoms with Crippen LogP contribution in [0.15, 0.2) is 29.2 Å². The van der Waals surface area contributed by atoms with Crippen LogP contribution in [0.2, 0.25) is 5.02 Å². The number of halogens is 1. The number of esters is 1. The minimum Gasteiger partial charge on any atom is -0.468 e. The Hall–Kier alpha value is -1.20. The summed E-state index contributed by atoms with van der Waals surface area (Å²) in [6.45, 7) is -0.0217. The van der Waals surface area contributed by atoms with Crippen molar-refractivity contribution in [3.63, 3.8) is 0 Å². The molecule has 1 amide bonds. The number of hydrogen-bond donors (Lipinski definition) is 0. The smallest absolute Gasteiger partial charge is 0.325 e. The summed E-state index contributed by atoms with van der Waals surface area (Å²) in [5, 5.41) is 0.683. The predicted octanol–water partition coefficient (Wildman–Crippen LogP) is 2.45. The van der Waals surface area contributed by atoms with E-state index >= 15 is 0 Å². The Morgan fingerprint density at radius 2 is 2.05 bits per heavy atom. The molecule has 0 bridgehead atoms. The monoisotopic (exact) mass is 301 g/mol. The van der Waals surface area contributed by atoms with Crippen LogP contribution < -0.4 is 0 Å². The Bertz CT molecular complexity index is 453. The van der Waals surface area contributed by atoms with E-state index in [0.29, 0.717) is 17.2 Å². The standard InChI is InChI=1S/C13H16ClNO3S/c1-15(9-13(17)18-2)12(16)7-8-19-11-6-4-3-5-10(11)14/h3-6H,7-9H2,1-2H3. The first kappa shape index (κ1) is 15.9. The number of ether oxygens (including phenoxy) is 1. The van der Waals surface area contributed by atoms with E-state index in [1.165, 1.54) is 23.8 Å². The molecule has 0 saturated heterocycles. The molecule has 0 atom stereocenters. The molecule has 0 spiro atoms. The number of rotatable bonds is 6. The zero-order chi connectivity index (χ0) is 14.3. The second-order valence-corrected chi connectivity index (χ2v) is 5.40. The van der Waals surface area contributed by atoms with Crippen LogP contribution in [0.3, 0.4) is 0 Å². The molecule has 104 valence electrons. The molecule has 1 aromatic carbocycles. The Balaban J connectivity index is 2.35. The van der Waals surface area contributed by atoms with Crippen LogP contribution in [0, 0.1) is 0 Å². The van der Waals surface area contributed by atoms with Crippen molar-refractivity contribution >= 4 is 35.2 Å². The molecule has 1 rings (SSSR count). The van der Waals surface area contributed by atoms with Gasteiger partial charge in [0.25, 0.3) is 0 Å². The van der Waals surface area contributed by atoms with Crippen LogP contribution in [0.1, 0.15) is 6.42 Å². The van der Waals surface area contributed by atoms with Crippen LogP contribution in [-0.4, -0.2) is 43.2 Å². The molecule has 0 unspecified atom stereocenters. The summed E-state index contributed by atoms with van der Waals surface area (Å²) in [7, 11) is 2.88. The summed E-state index contributed by atoms with van der Waals surface area (Å²) in [6.07, 6.45) is 0.351. The van der Waals surface area contributed by atoms with Crippen molar-refractivity contribution < 1.29 is 14.3 Å². The summed E-state index contributed by atoms with van der Waals surface area (Å²) in [4.78, 5) is 25.1. The topological polar surface area (TPSA) is 46.6 Å². The number of likely N-dealkylation sites (N-methyl/N-ethyl adjacent to an activating group) is 1. The highest BCUT2D eigenvalue weighted by Crippen LogP contribution is 2.26. The third kappa shape index (κ3) is 5.53. The fraction of sp³-hybridized carbons (Fsp3) is 0.385. The molecule has 0 fully saturated rings. The predicted molar refractivity (Wildman–Crippen MR) is 76.4 cm³/mol. The first-order valence-electron chi connectivity index (χ1n) is 5.72. The molecule has 0 aliphatic rings. The summed E-state index contributed by atoms with van der Waals surface area (Å²) >= 11 is 7.53. The van der Waals surface area contributed by atoms with Crippen molar-refractivity contribution in [1.29, 1.82) is 0 Å². The lowest BCUT2D eigenvalue weighted by Gasteiger charge is -2.15. The van der Waals surface area contributed by atoms with Crippen molar-refractivity contribution in [2.75, 3.05) is 26.5 Å². The zero-order valence-corrected chi connectivity index (χ0v) is 12.5. The van der Waals surface area contributed by atoms with E-state index in [4.69, 9.17) is 11.6 Å². The number of methoxy groups -OCH3 is 1. The molecule has 0 N–H and O–H groups in total. The number of hydrogen-bond acceptors (Lipinski definition) is 4. The number of benzene rings is 1. The van der Waals surface area contributed by atoms with Crippen LogP contribution in [0.4, 0.5) is 0 Å². The Morgan fingerprint density at radius 1 is 1.37 bits per heavy atom. The average Bonchev–Trinajstić information content (AvgIpc) is 2.40. The molecular weight excluding hydrogens is 286 g/mol. The minimum atomic E-state index is -0.422. The van der Waals surface area contributed by atoms with Crippen LogP contribution in [-0.2, 0) is 14.3 Å². The van der Waals surface area contributed by atoms with Crippen molar-refractivity contribution in [2.24, 2.45) is 0 Å². The van der Waals surface area contributed by atoms with Gasteiger partial charge in [-0.25, -0.2) is 0 Å². The lowest BCUT2D eigenvalue weighted by atomic mass is 10.4. The SMILES string of the molecule is COC(=O)CN(C)C(=O)CCSc1ccccc1Cl. The largest absolute Gasteiger partial charge is 0.468 e. The summed E-state index contributed by atoms with van der Waals surface area (Å²) in [6, 6.07) is 7.49. The second kappa shape index (κ2) is 8.07. The highest BCUT2D eigenvalue weighted by Gasteiger charge is 2.13. The Labute approximate surface area is 122 Å². The van der Waals surface area contributed by atoms with Crippen molar-refractivity contribution in [2.45, 2.75) is 11.3 Å². The van der Waals surface area contributed by atoms with Gasteiger partial charge < -0.3 is 9.64 Å². The molecule has 0 saturated carbocycles. The highest BCUT2D eigenvalue weighted by atomic mass is 35.5. The molecule has 0 aliphatic carbocycles. The van der Waals surface area contributed by atoms with Gasteiger partial charge >= 0.3 is 5.97 Å². The number of amides is 1. The lowest BCUT2D eigenvalue weighted by Crippen LogP contribution is -2.32. The van der Waals surface area contributed by atoms with Crippen molar-refractivity contribution in [3.05, 3.63) is 29.3 Å². The molecule has 0 aliphatic heterocycles. The molecule has 19 heavy (non-hydrogen) atoms. The van der Waals surface area contributed by atoms with E-state index in [0.717, 1.165) is 4.90 Å². The first-order valence-corrected chi connectivity index (χ1v) is 7.09. The summed E-state index contributed by atoms with van der Waals surface area (Å²) in [5.74, 6) is 0.105. The van der Waals surface area contributed by atoms with Crippen molar-refractivity contribution in [1.82, 2.24) is 4.90 Å². The van der Waals surface area contributed by atoms with E-state index in [1.807, 2.05) is 24.3 Å². The van der Waals surface area contributed by atoms with E-state index in [2.05, 4.69) is 4.74 Å². The third-order valence-electron chi connectivity index (χ3n) is 2.43. The van der Waals surface area contributed by atoms with E-state index < -0.39 is 5.97 Å². The lowest BCUT2D eigenvalue weighted by molar-refractivity contribution is -0.145. The average molecular weight is 302 g/mol. The van der Waals surface area contributed by atoms with Gasteiger partial charge in [-0.1, -0.05) is 23.7 Å². The first-order chi connectivity index (χ1) is 9.04. The van der Waals surface area contributed by atoms with Gasteiger partial charge in [0.1, 0.15) is 6.54 Å². The Morgan fingerprint density at radius 3 is 2.68 bits per heavy atom. The molecular formula is C13H16ClNO3S. The van der Waals surface area contributed by atoms with Gasteiger partial charge in [0.15, 0.2) is 0 Å². The normalized spacial score (nSPS) is 10.1. The van der Waals surface area contributed by atoms with Crippen LogP contribution >= 0.6 is 23.4 Å². The van der Waals surface area contributed by atoms with Gasteiger partial charge in [0, 0.05) is 24.1 Å². The maximum atomic E-state index is 11.7. The van der Waals surface area contributed by atoms with Crippen LogP contribution in [0.25, 0.3) is 0 Å². The summed E-state index contributed by atoms with van der Waals surface area (Å²) < 4.78 is 4.51. The number of carbonyl (C=O) groups excluding carboxylic acids is 2. The maximum absolute atomic E-state index is 11.7. The molecule has 1 aromatic rings. The molecule has 6 heteroatoms. The molecule has 0 aromatic heterocycles. The van der Waals surface area contributed by atoms with Gasteiger partial charge in [-0.3, -0.25) is 9.59 Å². The highest BCUT2D eigenvalue weighted by molar-refractivity contribution is 7.99. The number of carbonyl (C=O) groups is 2. The molecule has 0 radical (unpaired) electrons. The summed E-state index contributed by atoms with van der Waals surface area (Å²) in [5.41, 5.74) is 0. The third-order valence-corrected chi connectivity index (χ3v) is 3.95. The van der Waals surface area contributed by atoms with E-state index in [1.54, 1.807) is 7.05 Å². The molecule has 4 nitrogen and oxygen atoms in total. The Kier molecular flexibility index (Phi) is 6.73. The van der Waals surface area contributed by atoms with Gasteiger partial charge in [0.05, 0.1) is 12.1 Å². The zero-order valence-electron chi connectivity index (χ0n) is 10.9. The number of nitrogens with zero attached hydrogens (tertiary/aromatic N) is 1. The maximum Gasteiger partial charge on any atom is 0.325 e. The van der Waals surface area contributed by atoms with Gasteiger partial charge in [-0.2, -0.15) is 0 Å². The minimum absolute atomic E-state index is 0.0217. The number of thioether (sulfide) groups is 1. The van der Waals surface area contributed by atoms with E-state index in [-0.39, 0.29) is 12.5 Å². The van der Waals surface area contributed by atoms with Gasteiger partial charge in [0.2, 0.25) is 5.91 Å². The molecule has 0 heterocycles. The van der Waals surface area contributed by atoms with Crippen LogP contribution in [0.5, 0.6) is 0 Å².